The minimum Gasteiger partial charge on any atom is -0.373 e. The predicted octanol–water partition coefficient (Wildman–Crippen LogP) is 3.27. The van der Waals surface area contributed by atoms with E-state index in [-0.39, 0.29) is 42.7 Å². The van der Waals surface area contributed by atoms with Gasteiger partial charge in [0.2, 0.25) is 5.91 Å². The Labute approximate surface area is 181 Å². The maximum Gasteiger partial charge on any atom is 0.223 e. The SMILES string of the molecule is CC1CN(Cc2ccc(CNC(=O)C3CCCC(N)C3)cc2)CC(C)O1.Cl.Cl. The monoisotopic (exact) mass is 431 g/mol. The molecule has 3 rings (SSSR count). The van der Waals surface area contributed by atoms with Crippen molar-refractivity contribution in [3.05, 3.63) is 35.4 Å². The normalized spacial score (nSPS) is 28.0. The van der Waals surface area contributed by atoms with Gasteiger partial charge in [-0.15, -0.1) is 24.8 Å². The van der Waals surface area contributed by atoms with Crippen molar-refractivity contribution >= 4 is 30.7 Å². The van der Waals surface area contributed by atoms with Crippen LogP contribution in [0, 0.1) is 5.92 Å². The third kappa shape index (κ3) is 7.53. The van der Waals surface area contributed by atoms with Gasteiger partial charge in [0.15, 0.2) is 0 Å². The first-order chi connectivity index (χ1) is 12.5. The number of ether oxygens (including phenoxy) is 1. The van der Waals surface area contributed by atoms with E-state index in [9.17, 15) is 4.79 Å². The summed E-state index contributed by atoms with van der Waals surface area (Å²) in [5.74, 6) is 0.240. The second-order valence-corrected chi connectivity index (χ2v) is 8.11. The van der Waals surface area contributed by atoms with Crippen LogP contribution in [0.3, 0.4) is 0 Å². The fraction of sp³-hybridized carbons (Fsp3) is 0.667. The molecule has 0 aromatic heterocycles. The molecular weight excluding hydrogens is 397 g/mol. The summed E-state index contributed by atoms with van der Waals surface area (Å²) in [5, 5.41) is 3.08. The van der Waals surface area contributed by atoms with Crippen LogP contribution >= 0.6 is 24.8 Å². The minimum atomic E-state index is 0. The zero-order valence-electron chi connectivity index (χ0n) is 16.9. The second-order valence-electron chi connectivity index (χ2n) is 8.11. The van der Waals surface area contributed by atoms with E-state index in [1.165, 1.54) is 5.56 Å². The lowest BCUT2D eigenvalue weighted by molar-refractivity contribution is -0.126. The molecule has 4 atom stereocenters. The Hall–Kier alpha value is -0.850. The zero-order chi connectivity index (χ0) is 18.5. The Morgan fingerprint density at radius 3 is 2.32 bits per heavy atom. The van der Waals surface area contributed by atoms with Crippen molar-refractivity contribution in [3.63, 3.8) is 0 Å². The van der Waals surface area contributed by atoms with Gasteiger partial charge in [-0.3, -0.25) is 9.69 Å². The summed E-state index contributed by atoms with van der Waals surface area (Å²) in [5.41, 5.74) is 8.44. The Kier molecular flexibility index (Phi) is 10.8. The number of benzene rings is 1. The summed E-state index contributed by atoms with van der Waals surface area (Å²) >= 11 is 0. The van der Waals surface area contributed by atoms with Gasteiger partial charge in [0.1, 0.15) is 0 Å². The summed E-state index contributed by atoms with van der Waals surface area (Å²) < 4.78 is 5.79. The van der Waals surface area contributed by atoms with Crippen LogP contribution < -0.4 is 11.1 Å². The highest BCUT2D eigenvalue weighted by molar-refractivity contribution is 5.85. The molecule has 1 aliphatic heterocycles. The highest BCUT2D eigenvalue weighted by Gasteiger charge is 2.25. The van der Waals surface area contributed by atoms with E-state index in [2.05, 4.69) is 48.3 Å². The smallest absolute Gasteiger partial charge is 0.223 e. The molecule has 3 N–H and O–H groups in total. The molecule has 1 heterocycles. The van der Waals surface area contributed by atoms with Crippen LogP contribution in [0.25, 0.3) is 0 Å². The van der Waals surface area contributed by atoms with Crippen LogP contribution in [0.2, 0.25) is 0 Å². The highest BCUT2D eigenvalue weighted by atomic mass is 35.5. The molecular formula is C21H35Cl2N3O2. The molecule has 0 spiro atoms. The number of nitrogens with zero attached hydrogens (tertiary/aromatic N) is 1. The lowest BCUT2D eigenvalue weighted by Crippen LogP contribution is -2.44. The molecule has 0 radical (unpaired) electrons. The zero-order valence-corrected chi connectivity index (χ0v) is 18.6. The molecule has 2 aliphatic rings. The Morgan fingerprint density at radius 2 is 1.71 bits per heavy atom. The van der Waals surface area contributed by atoms with Gasteiger partial charge >= 0.3 is 0 Å². The van der Waals surface area contributed by atoms with Crippen LogP contribution in [-0.4, -0.2) is 42.1 Å². The minimum absolute atomic E-state index is 0. The van der Waals surface area contributed by atoms with E-state index in [0.29, 0.717) is 18.8 Å². The maximum atomic E-state index is 12.3. The van der Waals surface area contributed by atoms with E-state index >= 15 is 0 Å². The number of halogens is 2. The molecule has 7 heteroatoms. The van der Waals surface area contributed by atoms with E-state index in [4.69, 9.17) is 10.5 Å². The van der Waals surface area contributed by atoms with Gasteiger partial charge in [-0.1, -0.05) is 30.7 Å². The van der Waals surface area contributed by atoms with Crippen molar-refractivity contribution in [2.75, 3.05) is 13.1 Å². The van der Waals surface area contributed by atoms with Gasteiger partial charge in [0, 0.05) is 38.1 Å². The van der Waals surface area contributed by atoms with E-state index < -0.39 is 0 Å². The van der Waals surface area contributed by atoms with E-state index in [1.807, 2.05) is 0 Å². The van der Waals surface area contributed by atoms with Crippen LogP contribution in [0.15, 0.2) is 24.3 Å². The fourth-order valence-corrected chi connectivity index (χ4v) is 4.23. The highest BCUT2D eigenvalue weighted by Crippen LogP contribution is 2.23. The number of carbonyl (C=O) groups is 1. The average Bonchev–Trinajstić information content (AvgIpc) is 2.60. The lowest BCUT2D eigenvalue weighted by Gasteiger charge is -2.35. The third-order valence-corrected chi connectivity index (χ3v) is 5.48. The van der Waals surface area contributed by atoms with Crippen molar-refractivity contribution in [3.8, 4) is 0 Å². The average molecular weight is 432 g/mol. The van der Waals surface area contributed by atoms with Crippen molar-refractivity contribution in [1.82, 2.24) is 10.2 Å². The van der Waals surface area contributed by atoms with Crippen molar-refractivity contribution < 1.29 is 9.53 Å². The van der Waals surface area contributed by atoms with E-state index in [1.54, 1.807) is 0 Å². The quantitative estimate of drug-likeness (QED) is 0.750. The standard InChI is InChI=1S/C21H33N3O2.2ClH/c1-15-12-24(13-16(2)26-15)14-18-8-6-17(7-9-18)11-23-21(25)19-4-3-5-20(22)10-19;;/h6-9,15-16,19-20H,3-5,10-14,22H2,1-2H3,(H,23,25);2*1H. The molecule has 4 unspecified atom stereocenters. The van der Waals surface area contributed by atoms with Gasteiger partial charge in [-0.25, -0.2) is 0 Å². The molecule has 1 saturated carbocycles. The van der Waals surface area contributed by atoms with Gasteiger partial charge in [-0.05, 0) is 44.2 Å². The van der Waals surface area contributed by atoms with E-state index in [0.717, 1.165) is 50.9 Å². The first-order valence-electron chi connectivity index (χ1n) is 9.98. The Balaban J connectivity index is 0.00000196. The first-order valence-corrected chi connectivity index (χ1v) is 9.98. The third-order valence-electron chi connectivity index (χ3n) is 5.48. The lowest BCUT2D eigenvalue weighted by atomic mass is 9.85. The number of carbonyl (C=O) groups excluding carboxylic acids is 1. The molecule has 1 saturated heterocycles. The Bertz CT molecular complexity index is 590. The molecule has 5 nitrogen and oxygen atoms in total. The van der Waals surface area contributed by atoms with Crippen molar-refractivity contribution in [2.45, 2.75) is 70.9 Å². The van der Waals surface area contributed by atoms with Crippen LogP contribution in [-0.2, 0) is 22.6 Å². The largest absolute Gasteiger partial charge is 0.373 e. The molecule has 28 heavy (non-hydrogen) atoms. The predicted molar refractivity (Wildman–Crippen MR) is 118 cm³/mol. The summed E-state index contributed by atoms with van der Waals surface area (Å²) in [6, 6.07) is 8.76. The van der Waals surface area contributed by atoms with Gasteiger partial charge < -0.3 is 15.8 Å². The molecule has 1 amide bonds. The fourth-order valence-electron chi connectivity index (χ4n) is 4.23. The molecule has 1 aromatic rings. The van der Waals surface area contributed by atoms with Crippen molar-refractivity contribution in [1.29, 1.82) is 0 Å². The summed E-state index contributed by atoms with van der Waals surface area (Å²) in [6.07, 6.45) is 4.48. The van der Waals surface area contributed by atoms with Gasteiger partial charge in [0.25, 0.3) is 0 Å². The summed E-state index contributed by atoms with van der Waals surface area (Å²) in [6.45, 7) is 7.76. The second kappa shape index (κ2) is 12.0. The number of nitrogens with one attached hydrogen (secondary N) is 1. The van der Waals surface area contributed by atoms with Crippen LogP contribution in [0.4, 0.5) is 0 Å². The van der Waals surface area contributed by atoms with Crippen LogP contribution in [0.1, 0.15) is 50.7 Å². The van der Waals surface area contributed by atoms with Crippen molar-refractivity contribution in [2.24, 2.45) is 11.7 Å². The molecule has 2 fully saturated rings. The molecule has 0 bridgehead atoms. The van der Waals surface area contributed by atoms with Gasteiger partial charge in [0.05, 0.1) is 12.2 Å². The topological polar surface area (TPSA) is 67.6 Å². The summed E-state index contributed by atoms with van der Waals surface area (Å²) in [4.78, 5) is 14.8. The number of nitrogens with two attached hydrogens (primary N) is 1. The number of hydrogen-bond donors (Lipinski definition) is 2. The summed E-state index contributed by atoms with van der Waals surface area (Å²) in [7, 11) is 0. The molecule has 1 aromatic carbocycles. The number of rotatable bonds is 5. The number of hydrogen-bond acceptors (Lipinski definition) is 4. The van der Waals surface area contributed by atoms with Crippen LogP contribution in [0.5, 0.6) is 0 Å². The first kappa shape index (κ1) is 25.2. The Morgan fingerprint density at radius 1 is 1.11 bits per heavy atom. The number of amides is 1. The maximum absolute atomic E-state index is 12.3. The van der Waals surface area contributed by atoms with Gasteiger partial charge in [-0.2, -0.15) is 0 Å². The molecule has 160 valence electrons. The number of morpholine rings is 1. The molecule has 1 aliphatic carbocycles.